The summed E-state index contributed by atoms with van der Waals surface area (Å²) < 4.78 is 85.2. The van der Waals surface area contributed by atoms with Crippen LogP contribution in [0.25, 0.3) is 11.1 Å². The van der Waals surface area contributed by atoms with Gasteiger partial charge in [-0.25, -0.2) is 4.79 Å². The topological polar surface area (TPSA) is 41.6 Å². The number of fused-ring (bicyclic) bond motifs is 1. The minimum Gasteiger partial charge on any atom is -0.490 e. The lowest BCUT2D eigenvalue weighted by Crippen LogP contribution is -2.40. The summed E-state index contributed by atoms with van der Waals surface area (Å²) in [5.74, 6) is 1.78. The first-order chi connectivity index (χ1) is 19.4. The Hall–Kier alpha value is -3.69. The molecule has 0 atom stereocenters. The summed E-state index contributed by atoms with van der Waals surface area (Å²) in [6.45, 7) is 2.43. The Morgan fingerprint density at radius 3 is 2.05 bits per heavy atom. The summed E-state index contributed by atoms with van der Waals surface area (Å²) in [7, 11) is 0. The Morgan fingerprint density at radius 1 is 0.854 bits per heavy atom. The Balaban J connectivity index is 1.33. The molecule has 0 bridgehead atoms. The van der Waals surface area contributed by atoms with Gasteiger partial charge in [-0.3, -0.25) is 4.90 Å². The number of urea groups is 1. The first kappa shape index (κ1) is 28.8. The number of hydrogen-bond donors (Lipinski definition) is 1. The minimum absolute atomic E-state index is 0.0185. The van der Waals surface area contributed by atoms with E-state index in [-0.39, 0.29) is 19.2 Å². The molecule has 0 aromatic heterocycles. The highest BCUT2D eigenvalue weighted by atomic mass is 19.4. The number of alkyl halides is 6. The van der Waals surface area contributed by atoms with E-state index < -0.39 is 35.2 Å². The van der Waals surface area contributed by atoms with Crippen molar-refractivity contribution in [3.8, 4) is 16.9 Å². The summed E-state index contributed by atoms with van der Waals surface area (Å²) in [5.41, 5.74) is -0.102. The lowest BCUT2D eigenvalue weighted by molar-refractivity contribution is -0.143. The highest BCUT2D eigenvalue weighted by Gasteiger charge is 2.37. The minimum atomic E-state index is -5.02. The zero-order chi connectivity index (χ0) is 29.4. The molecule has 2 amide bonds. The van der Waals surface area contributed by atoms with Gasteiger partial charge in [-0.05, 0) is 84.5 Å². The van der Waals surface area contributed by atoms with Gasteiger partial charge in [-0.15, -0.1) is 0 Å². The highest BCUT2D eigenvalue weighted by molar-refractivity contribution is 6.03. The number of amides is 2. The summed E-state index contributed by atoms with van der Waals surface area (Å²) in [4.78, 5) is 14.3. The van der Waals surface area contributed by atoms with Gasteiger partial charge in [0, 0.05) is 5.69 Å². The van der Waals surface area contributed by atoms with Crippen LogP contribution in [0.5, 0.6) is 5.75 Å². The van der Waals surface area contributed by atoms with E-state index in [0.29, 0.717) is 29.5 Å². The molecule has 41 heavy (non-hydrogen) atoms. The number of halogens is 6. The number of carbonyl (C=O) groups excluding carboxylic acids is 1. The number of nitrogens with zero attached hydrogens (tertiary/aromatic N) is 1. The van der Waals surface area contributed by atoms with Crippen molar-refractivity contribution in [3.63, 3.8) is 0 Å². The molecule has 1 aliphatic heterocycles. The van der Waals surface area contributed by atoms with Crippen molar-refractivity contribution >= 4 is 17.4 Å². The van der Waals surface area contributed by atoms with Crippen LogP contribution >= 0.6 is 0 Å². The van der Waals surface area contributed by atoms with Crippen molar-refractivity contribution in [1.29, 1.82) is 0 Å². The molecule has 10 heteroatoms. The zero-order valence-corrected chi connectivity index (χ0v) is 22.4. The van der Waals surface area contributed by atoms with E-state index in [9.17, 15) is 31.1 Å². The van der Waals surface area contributed by atoms with E-state index in [4.69, 9.17) is 4.74 Å². The normalized spacial score (nSPS) is 19.3. The molecule has 218 valence electrons. The molecule has 1 saturated carbocycles. The molecule has 0 unspecified atom stereocenters. The monoisotopic (exact) mass is 576 g/mol. The second kappa shape index (κ2) is 11.3. The first-order valence-electron chi connectivity index (χ1n) is 13.7. The van der Waals surface area contributed by atoms with Gasteiger partial charge in [0.25, 0.3) is 0 Å². The maximum Gasteiger partial charge on any atom is 0.416 e. The van der Waals surface area contributed by atoms with E-state index >= 15 is 0 Å². The summed E-state index contributed by atoms with van der Waals surface area (Å²) in [5, 5.41) is 2.20. The third-order valence-electron chi connectivity index (χ3n) is 8.05. The number of anilines is 2. The Kier molecular flexibility index (Phi) is 7.94. The Bertz CT molecular complexity index is 1360. The van der Waals surface area contributed by atoms with Gasteiger partial charge >= 0.3 is 18.4 Å². The van der Waals surface area contributed by atoms with Crippen LogP contribution in [0.2, 0.25) is 0 Å². The van der Waals surface area contributed by atoms with Crippen LogP contribution in [-0.4, -0.2) is 19.2 Å². The molecular formula is C31H30F6N2O2. The van der Waals surface area contributed by atoms with Crippen molar-refractivity contribution in [2.75, 3.05) is 23.4 Å². The van der Waals surface area contributed by atoms with Crippen molar-refractivity contribution in [3.05, 3.63) is 77.4 Å². The number of carbonyl (C=O) groups is 1. The van der Waals surface area contributed by atoms with E-state index in [1.54, 1.807) is 18.2 Å². The molecular weight excluding hydrogens is 546 g/mol. The second-order valence-corrected chi connectivity index (χ2v) is 10.7. The SMILES string of the molecule is CCC1CCC(c2ccc(-c3ccc4c(c3)OCCN4C(=O)Nc3cc(C(F)(F)F)cc(C(F)(F)F)c3)cc2)CC1. The summed E-state index contributed by atoms with van der Waals surface area (Å²) >= 11 is 0. The van der Waals surface area contributed by atoms with E-state index in [2.05, 4.69) is 36.5 Å². The third-order valence-corrected chi connectivity index (χ3v) is 8.05. The highest BCUT2D eigenvalue weighted by Crippen LogP contribution is 2.40. The molecule has 5 rings (SSSR count). The van der Waals surface area contributed by atoms with Gasteiger partial charge in [0.15, 0.2) is 0 Å². The smallest absolute Gasteiger partial charge is 0.416 e. The molecule has 3 aromatic carbocycles. The van der Waals surface area contributed by atoms with Crippen LogP contribution in [0.3, 0.4) is 0 Å². The molecule has 1 fully saturated rings. The van der Waals surface area contributed by atoms with Gasteiger partial charge in [0.2, 0.25) is 0 Å². The van der Waals surface area contributed by atoms with E-state index in [1.165, 1.54) is 42.6 Å². The average molecular weight is 577 g/mol. The molecule has 0 saturated heterocycles. The molecule has 3 aromatic rings. The largest absolute Gasteiger partial charge is 0.490 e. The molecule has 4 nitrogen and oxygen atoms in total. The fourth-order valence-electron chi connectivity index (χ4n) is 5.68. The van der Waals surface area contributed by atoms with Gasteiger partial charge in [0.1, 0.15) is 12.4 Å². The Morgan fingerprint density at radius 2 is 1.46 bits per heavy atom. The second-order valence-electron chi connectivity index (χ2n) is 10.7. The average Bonchev–Trinajstić information content (AvgIpc) is 2.95. The zero-order valence-electron chi connectivity index (χ0n) is 22.4. The van der Waals surface area contributed by atoms with Crippen LogP contribution in [0.1, 0.15) is 61.6 Å². The van der Waals surface area contributed by atoms with Crippen LogP contribution in [0.15, 0.2) is 60.7 Å². The molecule has 0 radical (unpaired) electrons. The maximum atomic E-state index is 13.2. The quantitative estimate of drug-likeness (QED) is 0.314. The van der Waals surface area contributed by atoms with Gasteiger partial charge in [0.05, 0.1) is 23.4 Å². The molecule has 1 heterocycles. The lowest BCUT2D eigenvalue weighted by atomic mass is 9.77. The lowest BCUT2D eigenvalue weighted by Gasteiger charge is -2.30. The van der Waals surface area contributed by atoms with Crippen molar-refractivity contribution in [2.24, 2.45) is 5.92 Å². The third kappa shape index (κ3) is 6.47. The summed E-state index contributed by atoms with van der Waals surface area (Å²) in [6, 6.07) is 13.8. The molecule has 0 spiro atoms. The predicted octanol–water partition coefficient (Wildman–Crippen LogP) is 9.51. The van der Waals surface area contributed by atoms with Crippen molar-refractivity contribution in [1.82, 2.24) is 0 Å². The van der Waals surface area contributed by atoms with Crippen LogP contribution < -0.4 is 15.0 Å². The Labute approximate surface area is 234 Å². The maximum absolute atomic E-state index is 13.2. The van der Waals surface area contributed by atoms with Crippen LogP contribution in [0.4, 0.5) is 42.5 Å². The van der Waals surface area contributed by atoms with Gasteiger partial charge in [-0.1, -0.05) is 43.7 Å². The number of rotatable bonds is 4. The van der Waals surface area contributed by atoms with E-state index in [0.717, 1.165) is 17.0 Å². The van der Waals surface area contributed by atoms with Crippen molar-refractivity contribution in [2.45, 2.75) is 57.3 Å². The van der Waals surface area contributed by atoms with Gasteiger partial charge < -0.3 is 10.1 Å². The number of benzene rings is 3. The fourth-order valence-corrected chi connectivity index (χ4v) is 5.68. The predicted molar refractivity (Wildman–Crippen MR) is 145 cm³/mol. The fraction of sp³-hybridized carbons (Fsp3) is 0.387. The molecule has 1 N–H and O–H groups in total. The standard InChI is InChI=1S/C31H30F6N2O2/c1-2-19-3-5-20(6-4-19)21-7-9-22(10-8-21)23-11-12-27-28(15-23)41-14-13-39(27)29(40)38-26-17-24(30(32,33)34)16-25(18-26)31(35,36)37/h7-12,15-20H,2-6,13-14H2,1H3,(H,38,40). The van der Waals surface area contributed by atoms with Gasteiger partial charge in [-0.2, -0.15) is 26.3 Å². The number of hydrogen-bond acceptors (Lipinski definition) is 2. The number of ether oxygens (including phenoxy) is 1. The molecule has 1 aliphatic carbocycles. The van der Waals surface area contributed by atoms with Crippen LogP contribution in [0, 0.1) is 5.92 Å². The molecule has 2 aliphatic rings. The van der Waals surface area contributed by atoms with E-state index in [1.807, 2.05) is 0 Å². The number of nitrogens with one attached hydrogen (secondary N) is 1. The van der Waals surface area contributed by atoms with Crippen LogP contribution in [-0.2, 0) is 12.4 Å². The van der Waals surface area contributed by atoms with Crippen molar-refractivity contribution < 1.29 is 35.9 Å². The summed E-state index contributed by atoms with van der Waals surface area (Å²) in [6.07, 6.45) is -3.90. The first-order valence-corrected chi connectivity index (χ1v) is 13.7.